The number of Topliss-reactive ketones (excluding diaryl/α,β-unsaturated/α-hetero) is 1. The maximum atomic E-state index is 11.9. The van der Waals surface area contributed by atoms with Crippen molar-refractivity contribution in [3.8, 4) is 0 Å². The minimum atomic E-state index is 0.198. The zero-order chi connectivity index (χ0) is 9.80. The average Bonchev–Trinajstić information content (AvgIpc) is 2.72. The second-order valence-corrected chi connectivity index (χ2v) is 4.82. The Labute approximate surface area is 86.5 Å². The molecule has 1 unspecified atom stereocenters. The molecule has 0 aromatic rings. The van der Waals surface area contributed by atoms with E-state index in [9.17, 15) is 4.79 Å². The van der Waals surface area contributed by atoms with Crippen LogP contribution in [-0.2, 0) is 4.79 Å². The zero-order valence-electron chi connectivity index (χ0n) is 8.93. The van der Waals surface area contributed by atoms with Crippen molar-refractivity contribution in [2.45, 2.75) is 57.4 Å². The molecule has 1 atom stereocenters. The predicted octanol–water partition coefficient (Wildman–Crippen LogP) is 2.28. The van der Waals surface area contributed by atoms with Gasteiger partial charge in [-0.2, -0.15) is 0 Å². The minimum Gasteiger partial charge on any atom is -0.307 e. The number of carbonyl (C=O) groups is 1. The monoisotopic (exact) mass is 195 g/mol. The van der Waals surface area contributed by atoms with Crippen molar-refractivity contribution in [3.05, 3.63) is 0 Å². The number of carbonyl (C=O) groups excluding carboxylic acids is 1. The molecule has 2 nitrogen and oxygen atoms in total. The summed E-state index contributed by atoms with van der Waals surface area (Å²) >= 11 is 0. The number of rotatable bonds is 3. The molecule has 1 heterocycles. The van der Waals surface area contributed by atoms with Gasteiger partial charge in [0, 0.05) is 6.42 Å². The summed E-state index contributed by atoms with van der Waals surface area (Å²) in [5.74, 6) is 1.20. The van der Waals surface area contributed by atoms with Crippen LogP contribution < -0.4 is 5.32 Å². The van der Waals surface area contributed by atoms with Crippen LogP contribution >= 0.6 is 0 Å². The van der Waals surface area contributed by atoms with E-state index in [1.807, 2.05) is 0 Å². The van der Waals surface area contributed by atoms with Gasteiger partial charge >= 0.3 is 0 Å². The summed E-state index contributed by atoms with van der Waals surface area (Å²) in [6, 6.07) is 0.198. The fourth-order valence-corrected chi connectivity index (χ4v) is 2.77. The zero-order valence-corrected chi connectivity index (χ0v) is 8.93. The van der Waals surface area contributed by atoms with Crippen LogP contribution in [0.4, 0.5) is 0 Å². The molecule has 14 heavy (non-hydrogen) atoms. The first kappa shape index (κ1) is 10.2. The molecule has 1 saturated heterocycles. The van der Waals surface area contributed by atoms with Gasteiger partial charge in [-0.1, -0.05) is 32.1 Å². The van der Waals surface area contributed by atoms with Crippen LogP contribution in [0.1, 0.15) is 51.4 Å². The van der Waals surface area contributed by atoms with Crippen LogP contribution in [-0.4, -0.2) is 18.4 Å². The maximum absolute atomic E-state index is 11.9. The smallest absolute Gasteiger partial charge is 0.150 e. The first-order valence-electron chi connectivity index (χ1n) is 6.12. The van der Waals surface area contributed by atoms with Gasteiger partial charge in [0.1, 0.15) is 5.78 Å². The lowest BCUT2D eigenvalue weighted by Crippen LogP contribution is -2.40. The van der Waals surface area contributed by atoms with E-state index in [0.717, 1.165) is 19.4 Å². The van der Waals surface area contributed by atoms with Gasteiger partial charge in [-0.3, -0.25) is 4.79 Å². The topological polar surface area (TPSA) is 29.1 Å². The highest BCUT2D eigenvalue weighted by atomic mass is 16.1. The number of ketones is 1. The van der Waals surface area contributed by atoms with E-state index in [0.29, 0.717) is 11.7 Å². The summed E-state index contributed by atoms with van der Waals surface area (Å²) in [4.78, 5) is 11.9. The highest BCUT2D eigenvalue weighted by Crippen LogP contribution is 2.28. The quantitative estimate of drug-likeness (QED) is 0.748. The SMILES string of the molecule is O=C(CC1CCCC1)C1CCCCN1. The Bertz CT molecular complexity index is 190. The van der Waals surface area contributed by atoms with E-state index in [2.05, 4.69) is 5.32 Å². The Morgan fingerprint density at radius 2 is 1.79 bits per heavy atom. The lowest BCUT2D eigenvalue weighted by atomic mass is 9.93. The van der Waals surface area contributed by atoms with Gasteiger partial charge in [0.2, 0.25) is 0 Å². The van der Waals surface area contributed by atoms with E-state index >= 15 is 0 Å². The number of nitrogens with one attached hydrogen (secondary N) is 1. The standard InChI is InChI=1S/C12H21NO/c14-12(9-10-5-1-2-6-10)11-7-3-4-8-13-11/h10-11,13H,1-9H2. The molecule has 2 fully saturated rings. The van der Waals surface area contributed by atoms with Gasteiger partial charge in [-0.05, 0) is 25.3 Å². The molecule has 0 aromatic heterocycles. The molecular weight excluding hydrogens is 174 g/mol. The van der Waals surface area contributed by atoms with Crippen molar-refractivity contribution in [1.29, 1.82) is 0 Å². The number of hydrogen-bond donors (Lipinski definition) is 1. The molecule has 1 aliphatic carbocycles. The van der Waals surface area contributed by atoms with Crippen LogP contribution in [0, 0.1) is 5.92 Å². The lowest BCUT2D eigenvalue weighted by molar-refractivity contribution is -0.122. The van der Waals surface area contributed by atoms with Gasteiger partial charge in [0.25, 0.3) is 0 Å². The Kier molecular flexibility index (Phi) is 3.57. The van der Waals surface area contributed by atoms with E-state index in [1.54, 1.807) is 0 Å². The molecule has 0 spiro atoms. The molecular formula is C12H21NO. The molecule has 80 valence electrons. The Morgan fingerprint density at radius 3 is 2.43 bits per heavy atom. The predicted molar refractivity (Wildman–Crippen MR) is 57.2 cm³/mol. The summed E-state index contributed by atoms with van der Waals surface area (Å²) in [5, 5.41) is 3.34. The molecule has 0 radical (unpaired) electrons. The third-order valence-corrected chi connectivity index (χ3v) is 3.66. The van der Waals surface area contributed by atoms with Gasteiger partial charge in [0.15, 0.2) is 0 Å². The molecule has 0 bridgehead atoms. The van der Waals surface area contributed by atoms with E-state index in [4.69, 9.17) is 0 Å². The third kappa shape index (κ3) is 2.57. The van der Waals surface area contributed by atoms with Crippen molar-refractivity contribution < 1.29 is 4.79 Å². The van der Waals surface area contributed by atoms with Crippen molar-refractivity contribution in [2.24, 2.45) is 5.92 Å². The fraction of sp³-hybridized carbons (Fsp3) is 0.917. The molecule has 0 amide bonds. The van der Waals surface area contributed by atoms with Gasteiger partial charge in [0.05, 0.1) is 6.04 Å². The molecule has 0 aromatic carbocycles. The van der Waals surface area contributed by atoms with Crippen LogP contribution in [0.25, 0.3) is 0 Å². The van der Waals surface area contributed by atoms with Crippen molar-refractivity contribution >= 4 is 5.78 Å². The first-order chi connectivity index (χ1) is 6.86. The Morgan fingerprint density at radius 1 is 1.07 bits per heavy atom. The van der Waals surface area contributed by atoms with Crippen LogP contribution in [0.2, 0.25) is 0 Å². The summed E-state index contributed by atoms with van der Waals surface area (Å²) in [5.41, 5.74) is 0. The van der Waals surface area contributed by atoms with Crippen molar-refractivity contribution in [3.63, 3.8) is 0 Å². The second-order valence-electron chi connectivity index (χ2n) is 4.82. The van der Waals surface area contributed by atoms with Crippen LogP contribution in [0.15, 0.2) is 0 Å². The summed E-state index contributed by atoms with van der Waals surface area (Å²) < 4.78 is 0. The third-order valence-electron chi connectivity index (χ3n) is 3.66. The van der Waals surface area contributed by atoms with Gasteiger partial charge in [-0.25, -0.2) is 0 Å². The summed E-state index contributed by atoms with van der Waals surface area (Å²) in [6.45, 7) is 1.04. The summed E-state index contributed by atoms with van der Waals surface area (Å²) in [7, 11) is 0. The van der Waals surface area contributed by atoms with E-state index in [1.165, 1.54) is 38.5 Å². The molecule has 1 N–H and O–H groups in total. The lowest BCUT2D eigenvalue weighted by Gasteiger charge is -2.23. The normalized spacial score (nSPS) is 29.3. The molecule has 2 aliphatic rings. The number of piperidine rings is 1. The van der Waals surface area contributed by atoms with Crippen LogP contribution in [0.5, 0.6) is 0 Å². The van der Waals surface area contributed by atoms with Crippen molar-refractivity contribution in [2.75, 3.05) is 6.54 Å². The molecule has 1 saturated carbocycles. The first-order valence-corrected chi connectivity index (χ1v) is 6.12. The summed E-state index contributed by atoms with van der Waals surface area (Å²) in [6.07, 6.45) is 9.66. The Balaban J connectivity index is 1.75. The highest BCUT2D eigenvalue weighted by Gasteiger charge is 2.24. The van der Waals surface area contributed by atoms with E-state index in [-0.39, 0.29) is 6.04 Å². The second kappa shape index (κ2) is 4.92. The minimum absolute atomic E-state index is 0.198. The van der Waals surface area contributed by atoms with Crippen molar-refractivity contribution in [1.82, 2.24) is 5.32 Å². The van der Waals surface area contributed by atoms with Crippen LogP contribution in [0.3, 0.4) is 0 Å². The van der Waals surface area contributed by atoms with Gasteiger partial charge < -0.3 is 5.32 Å². The van der Waals surface area contributed by atoms with Gasteiger partial charge in [-0.15, -0.1) is 0 Å². The molecule has 2 rings (SSSR count). The maximum Gasteiger partial charge on any atom is 0.150 e. The van der Waals surface area contributed by atoms with E-state index < -0.39 is 0 Å². The number of hydrogen-bond acceptors (Lipinski definition) is 2. The largest absolute Gasteiger partial charge is 0.307 e. The Hall–Kier alpha value is -0.370. The average molecular weight is 195 g/mol. The molecule has 2 heteroatoms. The fourth-order valence-electron chi connectivity index (χ4n) is 2.77. The molecule has 1 aliphatic heterocycles. The highest BCUT2D eigenvalue weighted by molar-refractivity contribution is 5.84.